The lowest BCUT2D eigenvalue weighted by atomic mass is 10.2. The van der Waals surface area contributed by atoms with Crippen LogP contribution in [0.2, 0.25) is 0 Å². The van der Waals surface area contributed by atoms with Gasteiger partial charge in [-0.2, -0.15) is 0 Å². The molecule has 0 spiro atoms. The van der Waals surface area contributed by atoms with Crippen LogP contribution in [-0.2, 0) is 0 Å². The Morgan fingerprint density at radius 1 is 1.33 bits per heavy atom. The number of pyridine rings is 1. The Labute approximate surface area is 69.0 Å². The van der Waals surface area contributed by atoms with Crippen LogP contribution in [0.3, 0.4) is 0 Å². The molecule has 0 aliphatic rings. The number of hydrogen-bond donors (Lipinski definition) is 1. The van der Waals surface area contributed by atoms with Gasteiger partial charge in [0, 0.05) is 24.0 Å². The maximum atomic E-state index is 5.54. The topological polar surface area (TPSA) is 64.9 Å². The minimum Gasteiger partial charge on any atom is -0.397 e. The average Bonchev–Trinajstić information content (AvgIpc) is 2.56. The van der Waals surface area contributed by atoms with E-state index in [0.717, 1.165) is 11.3 Å². The van der Waals surface area contributed by atoms with E-state index in [9.17, 15) is 0 Å². The number of aromatic nitrogens is 2. The number of nitrogens with two attached hydrogens (primary N) is 1. The molecule has 0 saturated heterocycles. The average molecular weight is 161 g/mol. The summed E-state index contributed by atoms with van der Waals surface area (Å²) >= 11 is 0. The Bertz CT molecular complexity index is 370. The second-order valence-corrected chi connectivity index (χ2v) is 2.39. The standard InChI is InChI=1S/C8H7N3O/c9-7-3-6(4-10-5-7)8-1-2-12-11-8/h1-5H,9H2. The van der Waals surface area contributed by atoms with E-state index in [1.165, 1.54) is 6.26 Å². The fourth-order valence-corrected chi connectivity index (χ4v) is 0.959. The van der Waals surface area contributed by atoms with Gasteiger partial charge in [-0.15, -0.1) is 0 Å². The molecule has 0 amide bonds. The first kappa shape index (κ1) is 6.84. The van der Waals surface area contributed by atoms with Crippen LogP contribution >= 0.6 is 0 Å². The molecule has 2 rings (SSSR count). The van der Waals surface area contributed by atoms with Crippen molar-refractivity contribution < 1.29 is 4.52 Å². The van der Waals surface area contributed by atoms with Gasteiger partial charge in [0.15, 0.2) is 0 Å². The predicted molar refractivity (Wildman–Crippen MR) is 44.1 cm³/mol. The van der Waals surface area contributed by atoms with E-state index in [0.29, 0.717) is 5.69 Å². The normalized spacial score (nSPS) is 10.0. The second-order valence-electron chi connectivity index (χ2n) is 2.39. The molecule has 2 aromatic rings. The smallest absolute Gasteiger partial charge is 0.124 e. The molecule has 4 heteroatoms. The molecule has 12 heavy (non-hydrogen) atoms. The van der Waals surface area contributed by atoms with Gasteiger partial charge in [0.05, 0.1) is 5.69 Å². The summed E-state index contributed by atoms with van der Waals surface area (Å²) in [6.45, 7) is 0. The molecule has 0 saturated carbocycles. The lowest BCUT2D eigenvalue weighted by molar-refractivity contribution is 0.422. The zero-order valence-electron chi connectivity index (χ0n) is 6.27. The van der Waals surface area contributed by atoms with Gasteiger partial charge in [-0.25, -0.2) is 0 Å². The third-order valence-corrected chi connectivity index (χ3v) is 1.49. The summed E-state index contributed by atoms with van der Waals surface area (Å²) in [6, 6.07) is 3.56. The Hall–Kier alpha value is -1.84. The van der Waals surface area contributed by atoms with Gasteiger partial charge in [0.25, 0.3) is 0 Å². The molecule has 0 aliphatic carbocycles. The van der Waals surface area contributed by atoms with Gasteiger partial charge in [0.2, 0.25) is 0 Å². The maximum Gasteiger partial charge on any atom is 0.124 e. The molecule has 0 radical (unpaired) electrons. The maximum absolute atomic E-state index is 5.54. The van der Waals surface area contributed by atoms with Crippen LogP contribution in [0.25, 0.3) is 11.3 Å². The van der Waals surface area contributed by atoms with Crippen LogP contribution in [0.15, 0.2) is 35.3 Å². The first-order valence-corrected chi connectivity index (χ1v) is 3.47. The molecule has 60 valence electrons. The van der Waals surface area contributed by atoms with Crippen LogP contribution in [0.5, 0.6) is 0 Å². The molecule has 4 nitrogen and oxygen atoms in total. The molecule has 0 aliphatic heterocycles. The van der Waals surface area contributed by atoms with Gasteiger partial charge in [-0.05, 0) is 6.07 Å². The van der Waals surface area contributed by atoms with Gasteiger partial charge >= 0.3 is 0 Å². The molecular weight excluding hydrogens is 154 g/mol. The van der Waals surface area contributed by atoms with Crippen molar-refractivity contribution in [3.05, 3.63) is 30.8 Å². The van der Waals surface area contributed by atoms with Crippen molar-refractivity contribution in [1.82, 2.24) is 10.1 Å². The lowest BCUT2D eigenvalue weighted by Crippen LogP contribution is -1.87. The minimum atomic E-state index is 0.621. The Kier molecular flexibility index (Phi) is 1.51. The Morgan fingerprint density at radius 2 is 2.25 bits per heavy atom. The third-order valence-electron chi connectivity index (χ3n) is 1.49. The summed E-state index contributed by atoms with van der Waals surface area (Å²) in [7, 11) is 0. The van der Waals surface area contributed by atoms with Crippen LogP contribution in [-0.4, -0.2) is 10.1 Å². The van der Waals surface area contributed by atoms with Gasteiger partial charge in [-0.1, -0.05) is 5.16 Å². The zero-order valence-corrected chi connectivity index (χ0v) is 6.27. The summed E-state index contributed by atoms with van der Waals surface area (Å²) in [5, 5.41) is 3.76. The molecule has 0 aromatic carbocycles. The van der Waals surface area contributed by atoms with E-state index in [4.69, 9.17) is 10.3 Å². The molecule has 0 fully saturated rings. The summed E-state index contributed by atoms with van der Waals surface area (Å²) in [4.78, 5) is 3.93. The quantitative estimate of drug-likeness (QED) is 0.685. The molecule has 0 bridgehead atoms. The summed E-state index contributed by atoms with van der Waals surface area (Å²) < 4.78 is 4.69. The molecular formula is C8H7N3O. The van der Waals surface area contributed by atoms with Crippen molar-refractivity contribution in [3.63, 3.8) is 0 Å². The monoisotopic (exact) mass is 161 g/mol. The number of nitrogen functional groups attached to an aromatic ring is 1. The van der Waals surface area contributed by atoms with Crippen LogP contribution < -0.4 is 5.73 Å². The van der Waals surface area contributed by atoms with E-state index in [-0.39, 0.29) is 0 Å². The van der Waals surface area contributed by atoms with Crippen molar-refractivity contribution in [2.24, 2.45) is 0 Å². The van der Waals surface area contributed by atoms with E-state index in [2.05, 4.69) is 10.1 Å². The third kappa shape index (κ3) is 1.14. The van der Waals surface area contributed by atoms with Crippen molar-refractivity contribution in [1.29, 1.82) is 0 Å². The number of rotatable bonds is 1. The zero-order chi connectivity index (χ0) is 8.39. The number of hydrogen-bond acceptors (Lipinski definition) is 4. The fraction of sp³-hybridized carbons (Fsp3) is 0. The summed E-state index contributed by atoms with van der Waals surface area (Å²) in [5.41, 5.74) is 7.77. The highest BCUT2D eigenvalue weighted by Gasteiger charge is 2.00. The first-order valence-electron chi connectivity index (χ1n) is 3.47. The van der Waals surface area contributed by atoms with Gasteiger partial charge < -0.3 is 10.3 Å². The number of nitrogens with zero attached hydrogens (tertiary/aromatic N) is 2. The first-order chi connectivity index (χ1) is 5.86. The van der Waals surface area contributed by atoms with E-state index in [1.54, 1.807) is 24.5 Å². The van der Waals surface area contributed by atoms with Crippen molar-refractivity contribution >= 4 is 5.69 Å². The minimum absolute atomic E-state index is 0.621. The van der Waals surface area contributed by atoms with Gasteiger partial charge in [0.1, 0.15) is 12.0 Å². The largest absolute Gasteiger partial charge is 0.397 e. The van der Waals surface area contributed by atoms with Crippen molar-refractivity contribution in [2.45, 2.75) is 0 Å². The predicted octanol–water partition coefficient (Wildman–Crippen LogP) is 1.32. The molecule has 2 aromatic heterocycles. The van der Waals surface area contributed by atoms with Crippen molar-refractivity contribution in [3.8, 4) is 11.3 Å². The van der Waals surface area contributed by atoms with Crippen LogP contribution in [0.4, 0.5) is 5.69 Å². The van der Waals surface area contributed by atoms with Crippen molar-refractivity contribution in [2.75, 3.05) is 5.73 Å². The fourth-order valence-electron chi connectivity index (χ4n) is 0.959. The van der Waals surface area contributed by atoms with Gasteiger partial charge in [-0.3, -0.25) is 4.98 Å². The molecule has 2 N–H and O–H groups in total. The highest BCUT2D eigenvalue weighted by molar-refractivity contribution is 5.61. The highest BCUT2D eigenvalue weighted by Crippen LogP contribution is 2.17. The number of anilines is 1. The molecule has 2 heterocycles. The summed E-state index contributed by atoms with van der Waals surface area (Å²) in [5.74, 6) is 0. The van der Waals surface area contributed by atoms with Crippen LogP contribution in [0.1, 0.15) is 0 Å². The van der Waals surface area contributed by atoms with E-state index >= 15 is 0 Å². The van der Waals surface area contributed by atoms with Crippen LogP contribution in [0, 0.1) is 0 Å². The molecule has 0 atom stereocenters. The Balaban J connectivity index is 2.48. The second kappa shape index (κ2) is 2.65. The SMILES string of the molecule is Nc1cncc(-c2ccon2)c1. The summed E-state index contributed by atoms with van der Waals surface area (Å²) in [6.07, 6.45) is 4.79. The van der Waals surface area contributed by atoms with E-state index < -0.39 is 0 Å². The highest BCUT2D eigenvalue weighted by atomic mass is 16.5. The molecule has 0 unspecified atom stereocenters. The van der Waals surface area contributed by atoms with E-state index in [1.807, 2.05) is 0 Å². The Morgan fingerprint density at radius 3 is 2.92 bits per heavy atom. The lowest BCUT2D eigenvalue weighted by Gasteiger charge is -1.94.